The van der Waals surface area contributed by atoms with Gasteiger partial charge in [-0.05, 0) is 38.1 Å². The van der Waals surface area contributed by atoms with Crippen LogP contribution in [0.1, 0.15) is 23.1 Å². The van der Waals surface area contributed by atoms with E-state index in [1.165, 1.54) is 23.5 Å². The topological polar surface area (TPSA) is 54.3 Å². The fourth-order valence-corrected chi connectivity index (χ4v) is 4.26. The lowest BCUT2D eigenvalue weighted by Gasteiger charge is -2.34. The van der Waals surface area contributed by atoms with E-state index < -0.39 is 0 Å². The van der Waals surface area contributed by atoms with Gasteiger partial charge in [0.05, 0.1) is 10.2 Å². The molecule has 1 aromatic carbocycles. The van der Waals surface area contributed by atoms with Crippen LogP contribution in [-0.2, 0) is 6.54 Å². The fourth-order valence-electron chi connectivity index (χ4n) is 3.22. The van der Waals surface area contributed by atoms with E-state index in [2.05, 4.69) is 15.0 Å². The van der Waals surface area contributed by atoms with Crippen LogP contribution < -0.4 is 4.90 Å². The summed E-state index contributed by atoms with van der Waals surface area (Å²) in [6.45, 7) is 7.40. The van der Waals surface area contributed by atoms with Crippen molar-refractivity contribution >= 4 is 32.6 Å². The van der Waals surface area contributed by atoms with Gasteiger partial charge < -0.3 is 9.80 Å². The Labute approximate surface area is 154 Å². The van der Waals surface area contributed by atoms with Crippen molar-refractivity contribution in [3.8, 4) is 0 Å². The Kier molecular flexibility index (Phi) is 4.36. The second kappa shape index (κ2) is 6.68. The second-order valence-corrected chi connectivity index (χ2v) is 7.38. The number of carbonyl (C=O) groups excluding carboxylic acids is 1. The molecule has 1 saturated heterocycles. The lowest BCUT2D eigenvalue weighted by molar-refractivity contribution is 0.0740. The molecule has 8 heteroatoms. The third-order valence-electron chi connectivity index (χ3n) is 4.68. The van der Waals surface area contributed by atoms with Crippen molar-refractivity contribution in [1.29, 1.82) is 0 Å². The first kappa shape index (κ1) is 17.0. The van der Waals surface area contributed by atoms with Gasteiger partial charge >= 0.3 is 0 Å². The van der Waals surface area contributed by atoms with Crippen LogP contribution in [0.15, 0.2) is 24.3 Å². The normalized spacial score (nSPS) is 15.0. The summed E-state index contributed by atoms with van der Waals surface area (Å²) in [5.41, 5.74) is 2.31. The van der Waals surface area contributed by atoms with Crippen LogP contribution in [0.5, 0.6) is 0 Å². The molecule has 4 rings (SSSR count). The quantitative estimate of drug-likeness (QED) is 0.708. The van der Waals surface area contributed by atoms with Gasteiger partial charge in [0.2, 0.25) is 0 Å². The molecular weight excluding hydrogens is 353 g/mol. The van der Waals surface area contributed by atoms with E-state index in [1.54, 1.807) is 6.07 Å². The van der Waals surface area contributed by atoms with Gasteiger partial charge in [-0.15, -0.1) is 0 Å². The maximum atomic E-state index is 13.4. The fraction of sp³-hybridized carbons (Fsp3) is 0.389. The van der Waals surface area contributed by atoms with Gasteiger partial charge in [-0.2, -0.15) is 5.10 Å². The van der Waals surface area contributed by atoms with Crippen molar-refractivity contribution in [2.45, 2.75) is 20.4 Å². The van der Waals surface area contributed by atoms with Crippen LogP contribution in [0, 0.1) is 12.7 Å². The highest BCUT2D eigenvalue weighted by Crippen LogP contribution is 2.30. The van der Waals surface area contributed by atoms with Crippen molar-refractivity contribution < 1.29 is 9.18 Å². The lowest BCUT2D eigenvalue weighted by atomic mass is 10.2. The molecular formula is C18H20FN5OS. The summed E-state index contributed by atoms with van der Waals surface area (Å²) in [5, 5.41) is 5.26. The van der Waals surface area contributed by atoms with Gasteiger partial charge in [-0.3, -0.25) is 9.48 Å². The number of rotatable bonds is 3. The molecule has 1 amide bonds. The predicted molar refractivity (Wildman–Crippen MR) is 100 cm³/mol. The molecule has 136 valence electrons. The maximum Gasteiger partial charge on any atom is 0.274 e. The summed E-state index contributed by atoms with van der Waals surface area (Å²) in [7, 11) is 0. The van der Waals surface area contributed by atoms with E-state index in [9.17, 15) is 9.18 Å². The Hall–Kier alpha value is -2.48. The molecule has 1 fully saturated rings. The first-order valence-electron chi connectivity index (χ1n) is 8.70. The largest absolute Gasteiger partial charge is 0.345 e. The molecule has 2 aromatic heterocycles. The van der Waals surface area contributed by atoms with Crippen molar-refractivity contribution in [2.24, 2.45) is 0 Å². The van der Waals surface area contributed by atoms with Gasteiger partial charge in [-0.25, -0.2) is 9.37 Å². The van der Waals surface area contributed by atoms with Crippen LogP contribution in [0.25, 0.3) is 10.2 Å². The number of benzene rings is 1. The molecule has 0 spiro atoms. The van der Waals surface area contributed by atoms with Gasteiger partial charge in [0.15, 0.2) is 10.8 Å². The molecule has 6 nitrogen and oxygen atoms in total. The summed E-state index contributed by atoms with van der Waals surface area (Å²) < 4.78 is 16.0. The third kappa shape index (κ3) is 3.05. The zero-order chi connectivity index (χ0) is 18.3. The van der Waals surface area contributed by atoms with Crippen LogP contribution in [0.3, 0.4) is 0 Å². The maximum absolute atomic E-state index is 13.4. The van der Waals surface area contributed by atoms with E-state index >= 15 is 0 Å². The summed E-state index contributed by atoms with van der Waals surface area (Å²) in [5.74, 6) is -0.267. The molecule has 1 aliphatic heterocycles. The SMILES string of the molecule is CCn1nc(C(=O)N2CCN(c3nc4ccc(F)cc4s3)CC2)cc1C. The minimum Gasteiger partial charge on any atom is -0.345 e. The molecule has 0 atom stereocenters. The predicted octanol–water partition coefficient (Wildman–Crippen LogP) is 2.92. The number of piperazine rings is 1. The molecule has 26 heavy (non-hydrogen) atoms. The van der Waals surface area contributed by atoms with Gasteiger partial charge in [-0.1, -0.05) is 11.3 Å². The number of aromatic nitrogens is 3. The molecule has 3 aromatic rings. The molecule has 0 aliphatic carbocycles. The third-order valence-corrected chi connectivity index (χ3v) is 5.76. The van der Waals surface area contributed by atoms with E-state index in [-0.39, 0.29) is 11.7 Å². The van der Waals surface area contributed by atoms with Crippen molar-refractivity contribution in [2.75, 3.05) is 31.1 Å². The number of hydrogen-bond acceptors (Lipinski definition) is 5. The summed E-state index contributed by atoms with van der Waals surface area (Å²) in [4.78, 5) is 21.3. The molecule has 0 unspecified atom stereocenters. The number of nitrogens with zero attached hydrogens (tertiary/aromatic N) is 5. The second-order valence-electron chi connectivity index (χ2n) is 6.37. The van der Waals surface area contributed by atoms with Gasteiger partial charge in [0, 0.05) is 38.4 Å². The Balaban J connectivity index is 1.45. The number of aryl methyl sites for hydroxylation is 2. The highest BCUT2D eigenvalue weighted by molar-refractivity contribution is 7.22. The van der Waals surface area contributed by atoms with E-state index in [0.717, 1.165) is 27.6 Å². The standard InChI is InChI=1S/C18H20FN5OS/c1-3-24-12(2)10-15(21-24)17(25)22-6-8-23(9-7-22)18-20-14-5-4-13(19)11-16(14)26-18/h4-5,10-11H,3,6-9H2,1-2H3. The van der Waals surface area contributed by atoms with E-state index in [0.29, 0.717) is 31.9 Å². The van der Waals surface area contributed by atoms with Gasteiger partial charge in [0.1, 0.15) is 5.82 Å². The monoisotopic (exact) mass is 373 g/mol. The Bertz CT molecular complexity index is 958. The number of carbonyl (C=O) groups is 1. The van der Waals surface area contributed by atoms with Crippen molar-refractivity contribution in [1.82, 2.24) is 19.7 Å². The average Bonchev–Trinajstić information content (AvgIpc) is 3.24. The number of amides is 1. The minimum absolute atomic E-state index is 0.0219. The van der Waals surface area contributed by atoms with Crippen LogP contribution >= 0.6 is 11.3 Å². The van der Waals surface area contributed by atoms with Crippen LogP contribution in [0.4, 0.5) is 9.52 Å². The zero-order valence-electron chi connectivity index (χ0n) is 14.8. The van der Waals surface area contributed by atoms with E-state index in [4.69, 9.17) is 0 Å². The molecule has 0 bridgehead atoms. The number of thiazole rings is 1. The number of halogens is 1. The summed E-state index contributed by atoms with van der Waals surface area (Å²) in [6, 6.07) is 6.50. The first-order valence-corrected chi connectivity index (χ1v) is 9.51. The van der Waals surface area contributed by atoms with Crippen LogP contribution in [-0.4, -0.2) is 51.8 Å². The van der Waals surface area contributed by atoms with E-state index in [1.807, 2.05) is 29.5 Å². The molecule has 1 aliphatic rings. The Morgan fingerprint density at radius 3 is 2.69 bits per heavy atom. The van der Waals surface area contributed by atoms with Crippen molar-refractivity contribution in [3.63, 3.8) is 0 Å². The Morgan fingerprint density at radius 1 is 1.23 bits per heavy atom. The number of fused-ring (bicyclic) bond motifs is 1. The molecule has 0 saturated carbocycles. The Morgan fingerprint density at radius 2 is 2.00 bits per heavy atom. The molecule has 0 N–H and O–H groups in total. The van der Waals surface area contributed by atoms with Gasteiger partial charge in [0.25, 0.3) is 5.91 Å². The summed E-state index contributed by atoms with van der Waals surface area (Å²) >= 11 is 1.49. The number of anilines is 1. The lowest BCUT2D eigenvalue weighted by Crippen LogP contribution is -2.48. The first-order chi connectivity index (χ1) is 12.5. The highest BCUT2D eigenvalue weighted by Gasteiger charge is 2.25. The highest BCUT2D eigenvalue weighted by atomic mass is 32.1. The number of hydrogen-bond donors (Lipinski definition) is 0. The smallest absolute Gasteiger partial charge is 0.274 e. The van der Waals surface area contributed by atoms with Crippen LogP contribution in [0.2, 0.25) is 0 Å². The summed E-state index contributed by atoms with van der Waals surface area (Å²) in [6.07, 6.45) is 0. The molecule has 3 heterocycles. The van der Waals surface area contributed by atoms with Crippen molar-refractivity contribution in [3.05, 3.63) is 41.5 Å². The molecule has 0 radical (unpaired) electrons. The minimum atomic E-state index is -0.245. The average molecular weight is 373 g/mol. The zero-order valence-corrected chi connectivity index (χ0v) is 15.6.